The molecule has 1 fully saturated rings. The van der Waals surface area contributed by atoms with Crippen LogP contribution in [0.1, 0.15) is 28.8 Å². The lowest BCUT2D eigenvalue weighted by atomic mass is 10.1. The van der Waals surface area contributed by atoms with Crippen molar-refractivity contribution in [1.82, 2.24) is 9.88 Å². The first-order valence-corrected chi connectivity index (χ1v) is 7.59. The monoisotopic (exact) mass is 348 g/mol. The Morgan fingerprint density at radius 2 is 2.19 bits per heavy atom. The fourth-order valence-electron chi connectivity index (χ4n) is 2.24. The summed E-state index contributed by atoms with van der Waals surface area (Å²) in [7, 11) is 0. The van der Waals surface area contributed by atoms with Gasteiger partial charge in [0.2, 0.25) is 0 Å². The Bertz CT molecular complexity index is 659. The van der Waals surface area contributed by atoms with Gasteiger partial charge in [0.15, 0.2) is 0 Å². The van der Waals surface area contributed by atoms with Crippen LogP contribution in [-0.4, -0.2) is 21.8 Å². The highest BCUT2D eigenvalue weighted by Gasteiger charge is 2.33. The van der Waals surface area contributed by atoms with Gasteiger partial charge in [-0.25, -0.2) is 4.39 Å². The number of aromatic nitrogens is 1. The molecule has 0 saturated heterocycles. The third kappa shape index (κ3) is 3.29. The summed E-state index contributed by atoms with van der Waals surface area (Å²) >= 11 is 3.13. The summed E-state index contributed by atoms with van der Waals surface area (Å²) in [4.78, 5) is 18.6. The highest BCUT2D eigenvalue weighted by atomic mass is 79.9. The second kappa shape index (κ2) is 5.93. The van der Waals surface area contributed by atoms with Crippen molar-refractivity contribution in [1.29, 1.82) is 0 Å². The van der Waals surface area contributed by atoms with Crippen molar-refractivity contribution in [2.45, 2.75) is 25.4 Å². The predicted octanol–water partition coefficient (Wildman–Crippen LogP) is 3.79. The Kier molecular flexibility index (Phi) is 4.01. The number of halogens is 2. The molecule has 1 aliphatic carbocycles. The molecule has 108 valence electrons. The molecule has 1 aromatic carbocycles. The Morgan fingerprint density at radius 3 is 2.81 bits per heavy atom. The van der Waals surface area contributed by atoms with Crippen LogP contribution in [0.5, 0.6) is 0 Å². The van der Waals surface area contributed by atoms with Gasteiger partial charge < -0.3 is 4.90 Å². The molecule has 0 bridgehead atoms. The Balaban J connectivity index is 1.83. The number of hydrogen-bond acceptors (Lipinski definition) is 2. The summed E-state index contributed by atoms with van der Waals surface area (Å²) in [5.41, 5.74) is 1.50. The fraction of sp³-hybridized carbons (Fsp3) is 0.250. The van der Waals surface area contributed by atoms with Crippen molar-refractivity contribution >= 4 is 21.8 Å². The lowest BCUT2D eigenvalue weighted by Gasteiger charge is -2.22. The number of nitrogens with zero attached hydrogens (tertiary/aromatic N) is 2. The molecule has 0 spiro atoms. The molecule has 1 saturated carbocycles. The van der Waals surface area contributed by atoms with E-state index in [1.54, 1.807) is 12.4 Å². The third-order valence-corrected chi connectivity index (χ3v) is 4.10. The molecule has 3 nitrogen and oxygen atoms in total. The van der Waals surface area contributed by atoms with Crippen LogP contribution in [0.4, 0.5) is 4.39 Å². The van der Waals surface area contributed by atoms with E-state index in [4.69, 9.17) is 0 Å². The van der Waals surface area contributed by atoms with Crippen LogP contribution in [0, 0.1) is 5.82 Å². The number of pyridine rings is 1. The van der Waals surface area contributed by atoms with E-state index in [0.717, 1.165) is 18.4 Å². The van der Waals surface area contributed by atoms with E-state index in [1.807, 2.05) is 17.0 Å². The van der Waals surface area contributed by atoms with Crippen LogP contribution in [0.2, 0.25) is 0 Å². The number of hydrogen-bond donors (Lipinski definition) is 0. The standard InChI is InChI=1S/C16H14BrFN2O/c17-14-8-12(3-6-15(14)18)16(21)20(13-4-5-13)10-11-2-1-7-19-9-11/h1-3,6-9,13H,4-5,10H2. The summed E-state index contributed by atoms with van der Waals surface area (Å²) in [5.74, 6) is -0.432. The third-order valence-electron chi connectivity index (χ3n) is 3.49. The van der Waals surface area contributed by atoms with Crippen LogP contribution in [0.3, 0.4) is 0 Å². The van der Waals surface area contributed by atoms with Crippen LogP contribution >= 0.6 is 15.9 Å². The zero-order chi connectivity index (χ0) is 14.8. The average Bonchev–Trinajstić information content (AvgIpc) is 3.33. The molecule has 0 aliphatic heterocycles. The number of benzene rings is 1. The quantitative estimate of drug-likeness (QED) is 0.842. The van der Waals surface area contributed by atoms with Gasteiger partial charge in [-0.15, -0.1) is 0 Å². The maximum Gasteiger partial charge on any atom is 0.254 e. The zero-order valence-corrected chi connectivity index (χ0v) is 12.9. The molecule has 2 aromatic rings. The minimum absolute atomic E-state index is 0.0675. The number of amides is 1. The number of rotatable bonds is 4. The minimum atomic E-state index is -0.364. The molecule has 1 aliphatic rings. The summed E-state index contributed by atoms with van der Waals surface area (Å²) in [6.45, 7) is 0.534. The molecule has 1 amide bonds. The average molecular weight is 349 g/mol. The molecular weight excluding hydrogens is 335 g/mol. The zero-order valence-electron chi connectivity index (χ0n) is 11.3. The van der Waals surface area contributed by atoms with Gasteiger partial charge in [0.05, 0.1) is 4.47 Å². The lowest BCUT2D eigenvalue weighted by molar-refractivity contribution is 0.0729. The SMILES string of the molecule is O=C(c1ccc(F)c(Br)c1)N(Cc1cccnc1)C1CC1. The molecule has 1 aromatic heterocycles. The summed E-state index contributed by atoms with van der Waals surface area (Å²) in [5, 5.41) is 0. The van der Waals surface area contributed by atoms with Gasteiger partial charge in [0.25, 0.3) is 5.91 Å². The van der Waals surface area contributed by atoms with E-state index >= 15 is 0 Å². The van der Waals surface area contributed by atoms with Crippen molar-refractivity contribution in [3.05, 3.63) is 64.1 Å². The first-order valence-electron chi connectivity index (χ1n) is 6.80. The molecule has 3 rings (SSSR count). The maximum absolute atomic E-state index is 13.3. The van der Waals surface area contributed by atoms with Crippen molar-refractivity contribution < 1.29 is 9.18 Å². The van der Waals surface area contributed by atoms with Crippen LogP contribution in [-0.2, 0) is 6.54 Å². The topological polar surface area (TPSA) is 33.2 Å². The van der Waals surface area contributed by atoms with Gasteiger partial charge in [0, 0.05) is 30.5 Å². The molecule has 0 atom stereocenters. The Morgan fingerprint density at radius 1 is 1.38 bits per heavy atom. The smallest absolute Gasteiger partial charge is 0.254 e. The maximum atomic E-state index is 13.3. The fourth-order valence-corrected chi connectivity index (χ4v) is 2.62. The van der Waals surface area contributed by atoms with Crippen LogP contribution < -0.4 is 0 Å². The predicted molar refractivity (Wildman–Crippen MR) is 81.2 cm³/mol. The highest BCUT2D eigenvalue weighted by molar-refractivity contribution is 9.10. The van der Waals surface area contributed by atoms with Crippen molar-refractivity contribution in [2.24, 2.45) is 0 Å². The van der Waals surface area contributed by atoms with Crippen molar-refractivity contribution in [3.8, 4) is 0 Å². The van der Waals surface area contributed by atoms with Gasteiger partial charge in [-0.3, -0.25) is 9.78 Å². The minimum Gasteiger partial charge on any atom is -0.331 e. The molecule has 0 unspecified atom stereocenters. The van der Waals surface area contributed by atoms with E-state index in [1.165, 1.54) is 18.2 Å². The Hall–Kier alpha value is -1.75. The molecule has 0 N–H and O–H groups in total. The normalized spacial score (nSPS) is 14.0. The highest BCUT2D eigenvalue weighted by Crippen LogP contribution is 2.30. The van der Waals surface area contributed by atoms with E-state index in [2.05, 4.69) is 20.9 Å². The first kappa shape index (κ1) is 14.2. The molecule has 1 heterocycles. The van der Waals surface area contributed by atoms with Gasteiger partial charge >= 0.3 is 0 Å². The van der Waals surface area contributed by atoms with Gasteiger partial charge in [-0.05, 0) is 58.6 Å². The van der Waals surface area contributed by atoms with Crippen molar-refractivity contribution in [3.63, 3.8) is 0 Å². The van der Waals surface area contributed by atoms with Crippen molar-refractivity contribution in [2.75, 3.05) is 0 Å². The second-order valence-corrected chi connectivity index (χ2v) is 6.01. The number of carbonyl (C=O) groups excluding carboxylic acids is 1. The second-order valence-electron chi connectivity index (χ2n) is 5.15. The lowest BCUT2D eigenvalue weighted by Crippen LogP contribution is -2.32. The Labute approximate surface area is 130 Å². The summed E-state index contributed by atoms with van der Waals surface area (Å²) in [6.07, 6.45) is 5.52. The van der Waals surface area contributed by atoms with Gasteiger partial charge in [-0.2, -0.15) is 0 Å². The molecule has 21 heavy (non-hydrogen) atoms. The van der Waals surface area contributed by atoms with E-state index in [-0.39, 0.29) is 17.8 Å². The molecule has 0 radical (unpaired) electrons. The van der Waals surface area contributed by atoms with Gasteiger partial charge in [-0.1, -0.05) is 6.07 Å². The van der Waals surface area contributed by atoms with Crippen LogP contribution in [0.15, 0.2) is 47.2 Å². The van der Waals surface area contributed by atoms with E-state index in [0.29, 0.717) is 16.6 Å². The summed E-state index contributed by atoms with van der Waals surface area (Å²) in [6, 6.07) is 8.47. The van der Waals surface area contributed by atoms with Gasteiger partial charge in [0.1, 0.15) is 5.82 Å². The first-order chi connectivity index (χ1) is 10.1. The van der Waals surface area contributed by atoms with E-state index < -0.39 is 0 Å². The number of carbonyl (C=O) groups is 1. The van der Waals surface area contributed by atoms with Crippen LogP contribution in [0.25, 0.3) is 0 Å². The van der Waals surface area contributed by atoms with E-state index in [9.17, 15) is 9.18 Å². The largest absolute Gasteiger partial charge is 0.331 e. The summed E-state index contributed by atoms with van der Waals surface area (Å²) < 4.78 is 13.6. The molecular formula is C16H14BrFN2O. The molecule has 5 heteroatoms.